The largest absolute Gasteiger partial charge is 0.481 e. The Morgan fingerprint density at radius 1 is 1.14 bits per heavy atom. The number of carboxylic acid groups (broad SMARTS) is 1. The van der Waals surface area contributed by atoms with Gasteiger partial charge >= 0.3 is 12.1 Å². The molecule has 10 heteroatoms. The molecule has 0 bridgehead atoms. The molecule has 6 nitrogen and oxygen atoms in total. The molecule has 0 aliphatic rings. The summed E-state index contributed by atoms with van der Waals surface area (Å²) in [5, 5.41) is 11.2. The first-order chi connectivity index (χ1) is 13.1. The molecule has 2 N–H and O–H groups in total. The van der Waals surface area contributed by atoms with E-state index < -0.39 is 23.6 Å². The lowest BCUT2D eigenvalue weighted by atomic mass is 10.1. The number of rotatable bonds is 5. The van der Waals surface area contributed by atoms with Crippen molar-refractivity contribution < 1.29 is 27.9 Å². The number of fused-ring (bicyclic) bond motifs is 1. The van der Waals surface area contributed by atoms with Gasteiger partial charge in [0.15, 0.2) is 5.65 Å². The lowest BCUT2D eigenvalue weighted by molar-refractivity contribution is -0.138. The quantitative estimate of drug-likeness (QED) is 0.668. The number of aromatic nitrogens is 2. The minimum Gasteiger partial charge on any atom is -0.481 e. The van der Waals surface area contributed by atoms with Crippen LogP contribution in [-0.2, 0) is 28.6 Å². The second kappa shape index (κ2) is 7.51. The number of pyridine rings is 1. The number of anilines is 1. The maximum absolute atomic E-state index is 12.9. The third-order valence-corrected chi connectivity index (χ3v) is 4.10. The molecule has 1 amide bonds. The lowest BCUT2D eigenvalue weighted by Crippen LogP contribution is -2.14. The predicted molar refractivity (Wildman–Crippen MR) is 95.3 cm³/mol. The van der Waals surface area contributed by atoms with E-state index >= 15 is 0 Å². The molecule has 0 saturated heterocycles. The number of halogens is 4. The van der Waals surface area contributed by atoms with Crippen LogP contribution < -0.4 is 5.32 Å². The first-order valence-electron chi connectivity index (χ1n) is 7.97. The van der Waals surface area contributed by atoms with Crippen LogP contribution in [0.3, 0.4) is 0 Å². The molecular formula is C18H13ClF3N3O3. The Morgan fingerprint density at radius 2 is 1.82 bits per heavy atom. The molecule has 0 atom stereocenters. The van der Waals surface area contributed by atoms with Crippen LogP contribution in [0.4, 0.5) is 18.9 Å². The van der Waals surface area contributed by atoms with Crippen LogP contribution in [-0.4, -0.2) is 26.4 Å². The molecule has 0 spiro atoms. The number of hydrogen-bond acceptors (Lipinski definition) is 3. The normalized spacial score (nSPS) is 11.6. The summed E-state index contributed by atoms with van der Waals surface area (Å²) in [5.41, 5.74) is 0.498. The van der Waals surface area contributed by atoms with Crippen molar-refractivity contribution in [2.75, 3.05) is 5.32 Å². The number of carboxylic acids is 1. The molecule has 0 aliphatic carbocycles. The summed E-state index contributed by atoms with van der Waals surface area (Å²) < 4.78 is 39.7. The number of benzene rings is 1. The van der Waals surface area contributed by atoms with Gasteiger partial charge in [0.1, 0.15) is 0 Å². The zero-order valence-electron chi connectivity index (χ0n) is 14.1. The van der Waals surface area contributed by atoms with Crippen LogP contribution in [0.15, 0.2) is 42.7 Å². The van der Waals surface area contributed by atoms with Crippen molar-refractivity contribution in [3.05, 3.63) is 64.6 Å². The summed E-state index contributed by atoms with van der Waals surface area (Å²) in [7, 11) is 0. The third-order valence-electron chi connectivity index (χ3n) is 3.82. The van der Waals surface area contributed by atoms with Crippen LogP contribution in [0.1, 0.15) is 16.8 Å². The summed E-state index contributed by atoms with van der Waals surface area (Å²) >= 11 is 5.87. The van der Waals surface area contributed by atoms with Crippen molar-refractivity contribution in [2.24, 2.45) is 0 Å². The van der Waals surface area contributed by atoms with Gasteiger partial charge in [-0.15, -0.1) is 0 Å². The standard InChI is InChI=1S/C18H13ClF3N3O3/c19-14-6-11(18(20,21)22)8-25-9-13(24-17(14)25)7-15(26)23-12-3-1-10(2-4-12)5-16(27)28/h1-4,6,8-9H,5,7H2,(H,23,26)(H,27,28). The smallest absolute Gasteiger partial charge is 0.417 e. The number of hydrogen-bond donors (Lipinski definition) is 2. The molecule has 28 heavy (non-hydrogen) atoms. The fraction of sp³-hybridized carbons (Fsp3) is 0.167. The van der Waals surface area contributed by atoms with E-state index in [0.717, 1.165) is 16.7 Å². The Bertz CT molecular complexity index is 1050. The van der Waals surface area contributed by atoms with Gasteiger partial charge in [-0.3, -0.25) is 9.59 Å². The van der Waals surface area contributed by atoms with E-state index in [2.05, 4.69) is 10.3 Å². The second-order valence-electron chi connectivity index (χ2n) is 6.03. The molecule has 0 saturated carbocycles. The Hall–Kier alpha value is -3.07. The van der Waals surface area contributed by atoms with Gasteiger partial charge in [-0.2, -0.15) is 13.2 Å². The summed E-state index contributed by atoms with van der Waals surface area (Å²) in [6.45, 7) is 0. The van der Waals surface area contributed by atoms with Gasteiger partial charge in [0.25, 0.3) is 0 Å². The van der Waals surface area contributed by atoms with Gasteiger partial charge in [-0.05, 0) is 23.8 Å². The molecule has 3 rings (SSSR count). The van der Waals surface area contributed by atoms with E-state index in [9.17, 15) is 22.8 Å². The van der Waals surface area contributed by atoms with Gasteiger partial charge in [-0.1, -0.05) is 23.7 Å². The zero-order valence-corrected chi connectivity index (χ0v) is 14.9. The van der Waals surface area contributed by atoms with Gasteiger partial charge in [-0.25, -0.2) is 4.98 Å². The summed E-state index contributed by atoms with van der Waals surface area (Å²) in [6.07, 6.45) is -2.68. The van der Waals surface area contributed by atoms with Crippen molar-refractivity contribution in [1.29, 1.82) is 0 Å². The van der Waals surface area contributed by atoms with Gasteiger partial charge < -0.3 is 14.8 Å². The predicted octanol–water partition coefficient (Wildman–Crippen LogP) is 3.81. The first-order valence-corrected chi connectivity index (χ1v) is 8.34. The van der Waals surface area contributed by atoms with Crippen LogP contribution in [0.25, 0.3) is 5.65 Å². The molecule has 146 valence electrons. The number of nitrogens with zero attached hydrogens (tertiary/aromatic N) is 2. The molecule has 1 aromatic carbocycles. The zero-order chi connectivity index (χ0) is 20.5. The summed E-state index contributed by atoms with van der Waals surface area (Å²) in [5.74, 6) is -1.39. The third kappa shape index (κ3) is 4.61. The topological polar surface area (TPSA) is 83.7 Å². The van der Waals surface area contributed by atoms with E-state index in [-0.39, 0.29) is 29.2 Å². The molecule has 3 aromatic rings. The van der Waals surface area contributed by atoms with Crippen LogP contribution >= 0.6 is 11.6 Å². The molecule has 0 aliphatic heterocycles. The van der Waals surface area contributed by atoms with Crippen molar-refractivity contribution in [3.8, 4) is 0 Å². The minimum atomic E-state index is -4.55. The van der Waals surface area contributed by atoms with Crippen molar-refractivity contribution in [2.45, 2.75) is 19.0 Å². The molecule has 2 heterocycles. The number of amides is 1. The monoisotopic (exact) mass is 411 g/mol. The van der Waals surface area contributed by atoms with Crippen LogP contribution in [0, 0.1) is 0 Å². The number of imidazole rings is 1. The lowest BCUT2D eigenvalue weighted by Gasteiger charge is -2.07. The van der Waals surface area contributed by atoms with Crippen molar-refractivity contribution in [1.82, 2.24) is 9.38 Å². The van der Waals surface area contributed by atoms with Crippen LogP contribution in [0.5, 0.6) is 0 Å². The average molecular weight is 412 g/mol. The van der Waals surface area contributed by atoms with Gasteiger partial charge in [0.05, 0.1) is 29.1 Å². The highest BCUT2D eigenvalue weighted by Crippen LogP contribution is 2.32. The first kappa shape index (κ1) is 19.7. The highest BCUT2D eigenvalue weighted by atomic mass is 35.5. The number of carbonyl (C=O) groups excluding carboxylic acids is 1. The number of nitrogens with one attached hydrogen (secondary N) is 1. The highest BCUT2D eigenvalue weighted by molar-refractivity contribution is 6.33. The molecule has 0 unspecified atom stereocenters. The Labute approximate surface area is 161 Å². The van der Waals surface area contributed by atoms with Crippen LogP contribution in [0.2, 0.25) is 5.02 Å². The SMILES string of the molecule is O=C(O)Cc1ccc(NC(=O)Cc2cn3cc(C(F)(F)F)cc(Cl)c3n2)cc1. The molecular weight excluding hydrogens is 399 g/mol. The van der Waals surface area contributed by atoms with E-state index in [4.69, 9.17) is 16.7 Å². The minimum absolute atomic E-state index is 0.121. The molecule has 0 fully saturated rings. The average Bonchev–Trinajstić information content (AvgIpc) is 2.98. The van der Waals surface area contributed by atoms with E-state index in [1.165, 1.54) is 6.20 Å². The maximum atomic E-state index is 12.9. The number of carbonyl (C=O) groups is 2. The van der Waals surface area contributed by atoms with Crippen molar-refractivity contribution >= 4 is 34.8 Å². The van der Waals surface area contributed by atoms with E-state index in [1.807, 2.05) is 0 Å². The van der Waals surface area contributed by atoms with E-state index in [1.54, 1.807) is 24.3 Å². The Balaban J connectivity index is 1.72. The van der Waals surface area contributed by atoms with Gasteiger partial charge in [0, 0.05) is 18.1 Å². The highest BCUT2D eigenvalue weighted by Gasteiger charge is 2.32. The summed E-state index contributed by atoms with van der Waals surface area (Å²) in [4.78, 5) is 26.9. The number of aliphatic carboxylic acids is 1. The van der Waals surface area contributed by atoms with Crippen molar-refractivity contribution in [3.63, 3.8) is 0 Å². The van der Waals surface area contributed by atoms with E-state index in [0.29, 0.717) is 11.3 Å². The Morgan fingerprint density at radius 3 is 2.43 bits per heavy atom. The maximum Gasteiger partial charge on any atom is 0.417 e. The second-order valence-corrected chi connectivity index (χ2v) is 6.44. The summed E-state index contributed by atoms with van der Waals surface area (Å²) in [6, 6.07) is 7.06. The Kier molecular flexibility index (Phi) is 5.28. The fourth-order valence-electron chi connectivity index (χ4n) is 2.60. The number of alkyl halides is 3. The fourth-order valence-corrected chi connectivity index (χ4v) is 2.86. The molecule has 0 radical (unpaired) electrons. The molecule has 2 aromatic heterocycles. The van der Waals surface area contributed by atoms with Gasteiger partial charge in [0.2, 0.25) is 5.91 Å².